The van der Waals surface area contributed by atoms with E-state index in [9.17, 15) is 8.42 Å². The van der Waals surface area contributed by atoms with Gasteiger partial charge in [-0.3, -0.25) is 4.72 Å². The van der Waals surface area contributed by atoms with E-state index in [-0.39, 0.29) is 0 Å². The first-order valence-electron chi connectivity index (χ1n) is 6.92. The van der Waals surface area contributed by atoms with Gasteiger partial charge in [0.15, 0.2) is 0 Å². The van der Waals surface area contributed by atoms with E-state index < -0.39 is 10.0 Å². The van der Waals surface area contributed by atoms with Gasteiger partial charge in [-0.2, -0.15) is 0 Å². The molecule has 0 aliphatic carbocycles. The zero-order valence-electron chi connectivity index (χ0n) is 12.1. The Kier molecular flexibility index (Phi) is 3.37. The monoisotopic (exact) mass is 302 g/mol. The van der Waals surface area contributed by atoms with E-state index in [0.29, 0.717) is 10.6 Å². The summed E-state index contributed by atoms with van der Waals surface area (Å²) in [5.41, 5.74) is 4.75. The van der Waals surface area contributed by atoms with Gasteiger partial charge in [0, 0.05) is 17.9 Å². The highest BCUT2D eigenvalue weighted by atomic mass is 32.2. The van der Waals surface area contributed by atoms with Crippen LogP contribution in [0.15, 0.2) is 41.3 Å². The molecule has 2 aromatic rings. The Bertz CT molecular complexity index is 778. The van der Waals surface area contributed by atoms with Crippen LogP contribution in [0.3, 0.4) is 0 Å². The maximum absolute atomic E-state index is 12.5. The summed E-state index contributed by atoms with van der Waals surface area (Å²) in [7, 11) is -3.55. The molecule has 2 N–H and O–H groups in total. The van der Waals surface area contributed by atoms with Gasteiger partial charge in [0.05, 0.1) is 4.90 Å². The summed E-state index contributed by atoms with van der Waals surface area (Å²) in [6, 6.07) is 10.9. The Morgan fingerprint density at radius 1 is 1.05 bits per heavy atom. The topological polar surface area (TPSA) is 58.2 Å². The van der Waals surface area contributed by atoms with Crippen molar-refractivity contribution in [1.29, 1.82) is 0 Å². The third-order valence-electron chi connectivity index (χ3n) is 3.57. The van der Waals surface area contributed by atoms with Gasteiger partial charge in [0.1, 0.15) is 0 Å². The highest BCUT2D eigenvalue weighted by molar-refractivity contribution is 7.92. The van der Waals surface area contributed by atoms with E-state index in [4.69, 9.17) is 0 Å². The molecule has 110 valence electrons. The van der Waals surface area contributed by atoms with Crippen molar-refractivity contribution in [1.82, 2.24) is 0 Å². The maximum Gasteiger partial charge on any atom is 0.261 e. The summed E-state index contributed by atoms with van der Waals surface area (Å²) in [6.45, 7) is 4.76. The molecule has 0 atom stereocenters. The number of hydrogen-bond acceptors (Lipinski definition) is 3. The molecule has 0 amide bonds. The molecular formula is C16H18N2O2S. The first-order valence-corrected chi connectivity index (χ1v) is 8.40. The van der Waals surface area contributed by atoms with E-state index in [1.807, 2.05) is 38.1 Å². The van der Waals surface area contributed by atoms with E-state index in [1.165, 1.54) is 0 Å². The number of hydrogen-bond donors (Lipinski definition) is 2. The summed E-state index contributed by atoms with van der Waals surface area (Å²) in [6.07, 6.45) is 0.863. The molecule has 5 heteroatoms. The zero-order valence-corrected chi connectivity index (χ0v) is 12.9. The van der Waals surface area contributed by atoms with E-state index in [0.717, 1.165) is 35.3 Å². The molecule has 0 saturated carbocycles. The van der Waals surface area contributed by atoms with Crippen LogP contribution in [0.25, 0.3) is 0 Å². The number of rotatable bonds is 3. The summed E-state index contributed by atoms with van der Waals surface area (Å²) in [5.74, 6) is 0. The van der Waals surface area contributed by atoms with Crippen molar-refractivity contribution >= 4 is 21.4 Å². The fourth-order valence-corrected chi connectivity index (χ4v) is 3.79. The van der Waals surface area contributed by atoms with Gasteiger partial charge in [0.2, 0.25) is 0 Å². The summed E-state index contributed by atoms with van der Waals surface area (Å²) in [4.78, 5) is 0.309. The molecule has 0 saturated heterocycles. The van der Waals surface area contributed by atoms with Crippen molar-refractivity contribution in [3.8, 4) is 0 Å². The van der Waals surface area contributed by atoms with Crippen LogP contribution in [0.5, 0.6) is 0 Å². The molecule has 0 fully saturated rings. The number of nitrogens with one attached hydrogen (secondary N) is 2. The van der Waals surface area contributed by atoms with Crippen molar-refractivity contribution in [2.75, 3.05) is 16.6 Å². The third-order valence-corrected chi connectivity index (χ3v) is 4.95. The fourth-order valence-electron chi connectivity index (χ4n) is 2.70. The number of benzene rings is 2. The Morgan fingerprint density at radius 3 is 2.48 bits per heavy atom. The molecule has 0 spiro atoms. The first kappa shape index (κ1) is 13.9. The van der Waals surface area contributed by atoms with Crippen LogP contribution in [0, 0.1) is 13.8 Å². The van der Waals surface area contributed by atoms with Gasteiger partial charge in [-0.25, -0.2) is 8.42 Å². The predicted molar refractivity (Wildman–Crippen MR) is 85.4 cm³/mol. The average molecular weight is 302 g/mol. The molecular weight excluding hydrogens is 284 g/mol. The first-order chi connectivity index (χ1) is 9.94. The molecule has 21 heavy (non-hydrogen) atoms. The Balaban J connectivity index is 1.93. The van der Waals surface area contributed by atoms with Gasteiger partial charge in [0.25, 0.3) is 10.0 Å². The van der Waals surface area contributed by atoms with Gasteiger partial charge in [-0.05, 0) is 67.3 Å². The second-order valence-corrected chi connectivity index (χ2v) is 7.16. The summed E-state index contributed by atoms with van der Waals surface area (Å²) in [5, 5.41) is 3.23. The molecule has 0 unspecified atom stereocenters. The number of aryl methyl sites for hydroxylation is 2. The molecule has 4 nitrogen and oxygen atoms in total. The SMILES string of the molecule is Cc1cc(C)cc(NS(=O)(=O)c2ccc3c(c2)CCN3)c1. The lowest BCUT2D eigenvalue weighted by atomic mass is 10.1. The van der Waals surface area contributed by atoms with Gasteiger partial charge in [-0.1, -0.05) is 6.07 Å². The van der Waals surface area contributed by atoms with E-state index in [1.54, 1.807) is 12.1 Å². The van der Waals surface area contributed by atoms with Crippen molar-refractivity contribution in [3.05, 3.63) is 53.1 Å². The maximum atomic E-state index is 12.5. The fraction of sp³-hybridized carbons (Fsp3) is 0.250. The lowest BCUT2D eigenvalue weighted by molar-refractivity contribution is 0.601. The molecule has 0 aromatic heterocycles. The summed E-state index contributed by atoms with van der Waals surface area (Å²) < 4.78 is 27.6. The third kappa shape index (κ3) is 2.88. The molecule has 0 bridgehead atoms. The van der Waals surface area contributed by atoms with Crippen molar-refractivity contribution in [2.24, 2.45) is 0 Å². The van der Waals surface area contributed by atoms with E-state index >= 15 is 0 Å². The normalized spacial score (nSPS) is 13.6. The number of anilines is 2. The Hall–Kier alpha value is -2.01. The largest absolute Gasteiger partial charge is 0.384 e. The van der Waals surface area contributed by atoms with Gasteiger partial charge in [-0.15, -0.1) is 0 Å². The molecule has 2 aromatic carbocycles. The zero-order chi connectivity index (χ0) is 15.0. The van der Waals surface area contributed by atoms with Crippen LogP contribution in [0.2, 0.25) is 0 Å². The van der Waals surface area contributed by atoms with Crippen LogP contribution in [0.1, 0.15) is 16.7 Å². The lowest BCUT2D eigenvalue weighted by Crippen LogP contribution is -2.13. The van der Waals surface area contributed by atoms with E-state index in [2.05, 4.69) is 10.0 Å². The van der Waals surface area contributed by atoms with Crippen LogP contribution >= 0.6 is 0 Å². The van der Waals surface area contributed by atoms with Crippen molar-refractivity contribution < 1.29 is 8.42 Å². The lowest BCUT2D eigenvalue weighted by Gasteiger charge is -2.11. The van der Waals surface area contributed by atoms with Crippen molar-refractivity contribution in [3.63, 3.8) is 0 Å². The summed E-state index contributed by atoms with van der Waals surface area (Å²) >= 11 is 0. The van der Waals surface area contributed by atoms with Crippen LogP contribution in [0.4, 0.5) is 11.4 Å². The van der Waals surface area contributed by atoms with Crippen molar-refractivity contribution in [2.45, 2.75) is 25.2 Å². The standard InChI is InChI=1S/C16H18N2O2S/c1-11-7-12(2)9-14(8-11)18-21(19,20)15-3-4-16-13(10-15)5-6-17-16/h3-4,7-10,17-18H,5-6H2,1-2H3. The van der Waals surface area contributed by atoms with Gasteiger partial charge < -0.3 is 5.32 Å². The van der Waals surface area contributed by atoms with Gasteiger partial charge >= 0.3 is 0 Å². The number of fused-ring (bicyclic) bond motifs is 1. The van der Waals surface area contributed by atoms with Crippen LogP contribution < -0.4 is 10.0 Å². The Labute approximate surface area is 125 Å². The highest BCUT2D eigenvalue weighted by Crippen LogP contribution is 2.26. The minimum Gasteiger partial charge on any atom is -0.384 e. The highest BCUT2D eigenvalue weighted by Gasteiger charge is 2.18. The van der Waals surface area contributed by atoms with Crippen LogP contribution in [-0.4, -0.2) is 15.0 Å². The average Bonchev–Trinajstić information content (AvgIpc) is 2.83. The Morgan fingerprint density at radius 2 is 1.76 bits per heavy atom. The molecule has 1 aliphatic rings. The second-order valence-electron chi connectivity index (χ2n) is 5.48. The number of sulfonamides is 1. The van der Waals surface area contributed by atoms with Crippen LogP contribution in [-0.2, 0) is 16.4 Å². The molecule has 0 radical (unpaired) electrons. The minimum atomic E-state index is -3.55. The molecule has 3 rings (SSSR count). The second kappa shape index (κ2) is 5.07. The predicted octanol–water partition coefficient (Wildman–Crippen LogP) is 3.07. The molecule has 1 aliphatic heterocycles. The minimum absolute atomic E-state index is 0.309. The smallest absolute Gasteiger partial charge is 0.261 e. The quantitative estimate of drug-likeness (QED) is 0.916. The molecule has 1 heterocycles.